The van der Waals surface area contributed by atoms with E-state index in [9.17, 15) is 4.79 Å². The maximum Gasteiger partial charge on any atom is 0.270 e. The van der Waals surface area contributed by atoms with Crippen LogP contribution >= 0.6 is 11.3 Å². The monoisotopic (exact) mass is 409 g/mol. The number of aryl methyl sites for hydroxylation is 2. The van der Waals surface area contributed by atoms with Crippen LogP contribution in [-0.2, 0) is 11.2 Å². The Morgan fingerprint density at radius 1 is 1.28 bits per heavy atom. The number of methoxy groups -OCH3 is 1. The van der Waals surface area contributed by atoms with E-state index in [1.807, 2.05) is 32.2 Å². The third-order valence-electron chi connectivity index (χ3n) is 5.70. The standard InChI is InChI=1S/C23H27N3O2S/c1-14-13-29-22-17(10-16-9-8-15(2)24-12-16)11-19(25-21(14)22)23(27)26-18-6-4-5-7-20(18)28-3/h8-9,11-13,18,20H,4-7,10H2,1-3H3,(H,26,27)/t18-,20-/m1/s1. The fourth-order valence-electron chi connectivity index (χ4n) is 4.05. The van der Waals surface area contributed by atoms with Crippen LogP contribution in [-0.4, -0.2) is 35.1 Å². The van der Waals surface area contributed by atoms with Crippen molar-refractivity contribution in [2.75, 3.05) is 7.11 Å². The van der Waals surface area contributed by atoms with Crippen molar-refractivity contribution in [3.8, 4) is 0 Å². The van der Waals surface area contributed by atoms with Crippen molar-refractivity contribution in [2.45, 2.75) is 58.1 Å². The first-order valence-corrected chi connectivity index (χ1v) is 11.1. The first kappa shape index (κ1) is 20.0. The van der Waals surface area contributed by atoms with Gasteiger partial charge in [-0.2, -0.15) is 0 Å². The predicted molar refractivity (Wildman–Crippen MR) is 117 cm³/mol. The number of nitrogens with zero attached hydrogens (tertiary/aromatic N) is 2. The van der Waals surface area contributed by atoms with Gasteiger partial charge in [-0.3, -0.25) is 9.78 Å². The number of carbonyl (C=O) groups is 1. The summed E-state index contributed by atoms with van der Waals surface area (Å²) >= 11 is 1.69. The maximum absolute atomic E-state index is 13.1. The van der Waals surface area contributed by atoms with Gasteiger partial charge in [-0.05, 0) is 60.9 Å². The second-order valence-electron chi connectivity index (χ2n) is 7.89. The van der Waals surface area contributed by atoms with E-state index in [1.54, 1.807) is 18.4 Å². The molecule has 5 nitrogen and oxygen atoms in total. The fourth-order valence-corrected chi connectivity index (χ4v) is 5.05. The highest BCUT2D eigenvalue weighted by molar-refractivity contribution is 7.17. The number of aromatic nitrogens is 2. The molecule has 0 saturated heterocycles. The highest BCUT2D eigenvalue weighted by Gasteiger charge is 2.27. The van der Waals surface area contributed by atoms with Crippen molar-refractivity contribution in [1.29, 1.82) is 0 Å². The Morgan fingerprint density at radius 2 is 2.10 bits per heavy atom. The highest BCUT2D eigenvalue weighted by Crippen LogP contribution is 2.30. The molecule has 1 fully saturated rings. The lowest BCUT2D eigenvalue weighted by Crippen LogP contribution is -2.46. The molecule has 0 bridgehead atoms. The van der Waals surface area contributed by atoms with E-state index in [-0.39, 0.29) is 18.1 Å². The van der Waals surface area contributed by atoms with E-state index in [2.05, 4.69) is 21.7 Å². The van der Waals surface area contributed by atoms with E-state index in [4.69, 9.17) is 9.72 Å². The average Bonchev–Trinajstić information content (AvgIpc) is 3.11. The molecule has 0 radical (unpaired) electrons. The van der Waals surface area contributed by atoms with Crippen molar-refractivity contribution >= 4 is 27.5 Å². The minimum Gasteiger partial charge on any atom is -0.379 e. The summed E-state index contributed by atoms with van der Waals surface area (Å²) in [6.45, 7) is 4.03. The second-order valence-corrected chi connectivity index (χ2v) is 8.77. The molecule has 4 rings (SSSR count). The number of pyridine rings is 2. The van der Waals surface area contributed by atoms with Crippen LogP contribution in [0.1, 0.15) is 58.6 Å². The van der Waals surface area contributed by atoms with Gasteiger partial charge in [0.15, 0.2) is 0 Å². The smallest absolute Gasteiger partial charge is 0.270 e. The van der Waals surface area contributed by atoms with E-state index < -0.39 is 0 Å². The minimum absolute atomic E-state index is 0.0482. The van der Waals surface area contributed by atoms with Gasteiger partial charge in [0.1, 0.15) is 5.69 Å². The number of hydrogen-bond donors (Lipinski definition) is 1. The van der Waals surface area contributed by atoms with Crippen LogP contribution in [0.2, 0.25) is 0 Å². The van der Waals surface area contributed by atoms with Crippen molar-refractivity contribution in [2.24, 2.45) is 0 Å². The Labute approximate surface area is 175 Å². The Balaban J connectivity index is 1.64. The van der Waals surface area contributed by atoms with Gasteiger partial charge < -0.3 is 10.1 Å². The first-order chi connectivity index (χ1) is 14.0. The lowest BCUT2D eigenvalue weighted by molar-refractivity contribution is 0.0391. The molecule has 1 aliphatic carbocycles. The molecule has 3 aromatic rings. The topological polar surface area (TPSA) is 64.1 Å². The number of nitrogens with one attached hydrogen (secondary N) is 1. The summed E-state index contributed by atoms with van der Waals surface area (Å²) in [5, 5.41) is 5.29. The molecule has 1 amide bonds. The Hall–Kier alpha value is -2.31. The SMILES string of the molecule is CO[C@@H]1CCCC[C@H]1NC(=O)c1cc(Cc2ccc(C)nc2)c2scc(C)c2n1. The molecule has 0 spiro atoms. The van der Waals surface area contributed by atoms with Crippen molar-refractivity contribution < 1.29 is 9.53 Å². The predicted octanol–water partition coefficient (Wildman–Crippen LogP) is 4.59. The summed E-state index contributed by atoms with van der Waals surface area (Å²) in [4.78, 5) is 22.2. The van der Waals surface area contributed by atoms with Crippen LogP contribution in [0, 0.1) is 13.8 Å². The third kappa shape index (κ3) is 4.33. The summed E-state index contributed by atoms with van der Waals surface area (Å²) in [5.74, 6) is -0.116. The molecule has 3 heterocycles. The molecule has 1 aliphatic rings. The number of thiophene rings is 1. The quantitative estimate of drug-likeness (QED) is 0.670. The number of amides is 1. The molecule has 1 N–H and O–H groups in total. The van der Waals surface area contributed by atoms with Crippen LogP contribution in [0.5, 0.6) is 0 Å². The van der Waals surface area contributed by atoms with Gasteiger partial charge in [0, 0.05) is 25.4 Å². The molecule has 29 heavy (non-hydrogen) atoms. The number of carbonyl (C=O) groups excluding carboxylic acids is 1. The lowest BCUT2D eigenvalue weighted by atomic mass is 9.92. The molecule has 2 atom stereocenters. The summed E-state index contributed by atoms with van der Waals surface area (Å²) in [6.07, 6.45) is 6.93. The largest absolute Gasteiger partial charge is 0.379 e. The van der Waals surface area contributed by atoms with Crippen LogP contribution in [0.15, 0.2) is 29.8 Å². The molecular formula is C23H27N3O2S. The highest BCUT2D eigenvalue weighted by atomic mass is 32.1. The third-order valence-corrected chi connectivity index (χ3v) is 6.86. The van der Waals surface area contributed by atoms with E-state index in [0.29, 0.717) is 5.69 Å². The van der Waals surface area contributed by atoms with E-state index >= 15 is 0 Å². The van der Waals surface area contributed by atoms with Gasteiger partial charge in [0.25, 0.3) is 5.91 Å². The molecule has 6 heteroatoms. The van der Waals surface area contributed by atoms with Crippen LogP contribution in [0.25, 0.3) is 10.2 Å². The summed E-state index contributed by atoms with van der Waals surface area (Å²) < 4.78 is 6.73. The van der Waals surface area contributed by atoms with Gasteiger partial charge in [0.2, 0.25) is 0 Å². The minimum atomic E-state index is -0.116. The second kappa shape index (κ2) is 8.59. The number of rotatable bonds is 5. The van der Waals surface area contributed by atoms with Crippen LogP contribution < -0.4 is 5.32 Å². The van der Waals surface area contributed by atoms with Gasteiger partial charge >= 0.3 is 0 Å². The molecule has 152 valence electrons. The van der Waals surface area contributed by atoms with Crippen molar-refractivity contribution in [1.82, 2.24) is 15.3 Å². The van der Waals surface area contributed by atoms with Gasteiger partial charge in [-0.15, -0.1) is 11.3 Å². The average molecular weight is 410 g/mol. The summed E-state index contributed by atoms with van der Waals surface area (Å²) in [6, 6.07) is 6.11. The zero-order chi connectivity index (χ0) is 20.4. The molecule has 1 saturated carbocycles. The molecule has 3 aromatic heterocycles. The van der Waals surface area contributed by atoms with Crippen LogP contribution in [0.3, 0.4) is 0 Å². The van der Waals surface area contributed by atoms with Crippen molar-refractivity contribution in [3.05, 3.63) is 57.9 Å². The lowest BCUT2D eigenvalue weighted by Gasteiger charge is -2.30. The fraction of sp³-hybridized carbons (Fsp3) is 0.435. The first-order valence-electron chi connectivity index (χ1n) is 10.2. The zero-order valence-electron chi connectivity index (χ0n) is 17.2. The molecule has 0 aromatic carbocycles. The number of hydrogen-bond acceptors (Lipinski definition) is 5. The Morgan fingerprint density at radius 3 is 2.86 bits per heavy atom. The van der Waals surface area contributed by atoms with Gasteiger partial charge in [0.05, 0.1) is 22.4 Å². The van der Waals surface area contributed by atoms with Crippen LogP contribution in [0.4, 0.5) is 0 Å². The molecule has 0 unspecified atom stereocenters. The van der Waals surface area contributed by atoms with E-state index in [1.165, 1.54) is 0 Å². The Bertz CT molecular complexity index is 1010. The number of fused-ring (bicyclic) bond motifs is 1. The molecular weight excluding hydrogens is 382 g/mol. The van der Waals surface area contributed by atoms with Gasteiger partial charge in [-0.1, -0.05) is 18.9 Å². The zero-order valence-corrected chi connectivity index (χ0v) is 18.0. The normalized spacial score (nSPS) is 19.4. The summed E-state index contributed by atoms with van der Waals surface area (Å²) in [5.41, 5.74) is 5.76. The van der Waals surface area contributed by atoms with Crippen molar-refractivity contribution in [3.63, 3.8) is 0 Å². The maximum atomic E-state index is 13.1. The van der Waals surface area contributed by atoms with E-state index in [0.717, 1.165) is 64.7 Å². The van der Waals surface area contributed by atoms with Gasteiger partial charge in [-0.25, -0.2) is 4.98 Å². The number of ether oxygens (including phenoxy) is 1. The Kier molecular flexibility index (Phi) is 5.92. The molecule has 0 aliphatic heterocycles. The summed E-state index contributed by atoms with van der Waals surface area (Å²) in [7, 11) is 1.72.